The number of rotatable bonds is 9. The van der Waals surface area contributed by atoms with Gasteiger partial charge in [-0.25, -0.2) is 0 Å². The van der Waals surface area contributed by atoms with Crippen LogP contribution in [0.25, 0.3) is 0 Å². The average molecular weight is 354 g/mol. The molecule has 1 atom stereocenters. The molecule has 0 spiro atoms. The molecule has 2 aromatic rings. The molecular weight excluding hydrogens is 328 g/mol. The van der Waals surface area contributed by atoms with Crippen molar-refractivity contribution in [3.63, 3.8) is 0 Å². The number of nitrogens with one attached hydrogen (secondary N) is 2. The molecule has 2 aromatic carbocycles. The first-order valence-electron chi connectivity index (χ1n) is 9.18. The van der Waals surface area contributed by atoms with E-state index in [0.717, 1.165) is 37.3 Å². The Kier molecular flexibility index (Phi) is 6.90. The molecule has 1 amide bonds. The first-order chi connectivity index (χ1) is 12.8. The van der Waals surface area contributed by atoms with Crippen molar-refractivity contribution < 1.29 is 14.3 Å². The second-order valence-corrected chi connectivity index (χ2v) is 6.41. The van der Waals surface area contributed by atoms with Gasteiger partial charge < -0.3 is 20.1 Å². The standard InChI is InChI=1S/C21H26N2O3/c24-21(22-13-12-17-5-2-1-3-6-17)15-23-18-8-10-19(11-9-18)26-16-20-7-4-14-25-20/h1-3,5-6,8-11,20,23H,4,7,12-16H2,(H,22,24). The summed E-state index contributed by atoms with van der Waals surface area (Å²) in [5, 5.41) is 6.05. The van der Waals surface area contributed by atoms with Gasteiger partial charge in [-0.15, -0.1) is 0 Å². The van der Waals surface area contributed by atoms with Crippen LogP contribution >= 0.6 is 0 Å². The minimum absolute atomic E-state index is 0.0142. The molecule has 1 heterocycles. The van der Waals surface area contributed by atoms with Crippen LogP contribution in [0.2, 0.25) is 0 Å². The Bertz CT molecular complexity index is 667. The van der Waals surface area contributed by atoms with E-state index < -0.39 is 0 Å². The van der Waals surface area contributed by atoms with Crippen molar-refractivity contribution in [1.29, 1.82) is 0 Å². The fourth-order valence-electron chi connectivity index (χ4n) is 2.87. The zero-order valence-corrected chi connectivity index (χ0v) is 14.9. The third-order valence-corrected chi connectivity index (χ3v) is 4.35. The van der Waals surface area contributed by atoms with Gasteiger partial charge in [0.15, 0.2) is 0 Å². The molecule has 5 heteroatoms. The molecule has 0 aliphatic carbocycles. The van der Waals surface area contributed by atoms with Crippen LogP contribution in [-0.2, 0) is 16.0 Å². The number of ether oxygens (including phenoxy) is 2. The number of hydrogen-bond acceptors (Lipinski definition) is 4. The van der Waals surface area contributed by atoms with Gasteiger partial charge in [-0.05, 0) is 49.1 Å². The quantitative estimate of drug-likeness (QED) is 0.727. The van der Waals surface area contributed by atoms with Crippen molar-refractivity contribution in [3.8, 4) is 5.75 Å². The Morgan fingerprint density at radius 3 is 2.65 bits per heavy atom. The lowest BCUT2D eigenvalue weighted by Crippen LogP contribution is -2.31. The lowest BCUT2D eigenvalue weighted by atomic mass is 10.1. The number of benzene rings is 2. The van der Waals surface area contributed by atoms with E-state index in [2.05, 4.69) is 22.8 Å². The molecule has 1 aliphatic heterocycles. The fourth-order valence-corrected chi connectivity index (χ4v) is 2.87. The van der Waals surface area contributed by atoms with E-state index in [-0.39, 0.29) is 18.6 Å². The van der Waals surface area contributed by atoms with Crippen LogP contribution in [0, 0.1) is 0 Å². The van der Waals surface area contributed by atoms with Gasteiger partial charge in [0.25, 0.3) is 0 Å². The molecule has 138 valence electrons. The summed E-state index contributed by atoms with van der Waals surface area (Å²) >= 11 is 0. The lowest BCUT2D eigenvalue weighted by molar-refractivity contribution is -0.119. The first kappa shape index (κ1) is 18.3. The molecule has 1 unspecified atom stereocenters. The first-order valence-corrected chi connectivity index (χ1v) is 9.18. The molecule has 0 aromatic heterocycles. The van der Waals surface area contributed by atoms with E-state index in [0.29, 0.717) is 13.2 Å². The molecule has 5 nitrogen and oxygen atoms in total. The number of anilines is 1. The molecule has 0 bridgehead atoms. The summed E-state index contributed by atoms with van der Waals surface area (Å²) in [4.78, 5) is 11.9. The van der Waals surface area contributed by atoms with Crippen molar-refractivity contribution >= 4 is 11.6 Å². The third kappa shape index (κ3) is 6.08. The smallest absolute Gasteiger partial charge is 0.239 e. The zero-order valence-electron chi connectivity index (χ0n) is 14.9. The molecule has 0 radical (unpaired) electrons. The molecule has 0 saturated carbocycles. The van der Waals surface area contributed by atoms with Crippen LogP contribution in [0.5, 0.6) is 5.75 Å². The molecule has 1 saturated heterocycles. The van der Waals surface area contributed by atoms with Crippen LogP contribution in [0.4, 0.5) is 5.69 Å². The summed E-state index contributed by atoms with van der Waals surface area (Å²) in [7, 11) is 0. The second kappa shape index (κ2) is 9.82. The second-order valence-electron chi connectivity index (χ2n) is 6.41. The molecule has 1 aliphatic rings. The highest BCUT2D eigenvalue weighted by molar-refractivity contribution is 5.80. The number of amides is 1. The van der Waals surface area contributed by atoms with Gasteiger partial charge >= 0.3 is 0 Å². The zero-order chi connectivity index (χ0) is 18.0. The third-order valence-electron chi connectivity index (χ3n) is 4.35. The van der Waals surface area contributed by atoms with Gasteiger partial charge in [-0.2, -0.15) is 0 Å². The molecule has 3 rings (SSSR count). The summed E-state index contributed by atoms with van der Waals surface area (Å²) in [6.45, 7) is 2.33. The van der Waals surface area contributed by atoms with Crippen LogP contribution in [0.1, 0.15) is 18.4 Å². The Balaban J connectivity index is 1.32. The number of carbonyl (C=O) groups excluding carboxylic acids is 1. The monoisotopic (exact) mass is 354 g/mol. The van der Waals surface area contributed by atoms with Gasteiger partial charge in [0, 0.05) is 18.8 Å². The Hall–Kier alpha value is -2.53. The molecule has 26 heavy (non-hydrogen) atoms. The number of carbonyl (C=O) groups is 1. The summed E-state index contributed by atoms with van der Waals surface area (Å²) in [5.41, 5.74) is 2.12. The summed E-state index contributed by atoms with van der Waals surface area (Å²) < 4.78 is 11.3. The number of hydrogen-bond donors (Lipinski definition) is 2. The maximum absolute atomic E-state index is 11.9. The van der Waals surface area contributed by atoms with Gasteiger partial charge in [0.1, 0.15) is 12.4 Å². The Morgan fingerprint density at radius 2 is 1.92 bits per heavy atom. The summed E-state index contributed by atoms with van der Waals surface area (Å²) in [5.74, 6) is 0.804. The predicted molar refractivity (Wildman–Crippen MR) is 103 cm³/mol. The topological polar surface area (TPSA) is 59.6 Å². The minimum atomic E-state index is -0.0142. The molecule has 2 N–H and O–H groups in total. The van der Waals surface area contributed by atoms with Crippen LogP contribution in [0.15, 0.2) is 54.6 Å². The summed E-state index contributed by atoms with van der Waals surface area (Å²) in [6, 6.07) is 17.8. The van der Waals surface area contributed by atoms with Gasteiger partial charge in [-0.3, -0.25) is 4.79 Å². The Morgan fingerprint density at radius 1 is 1.12 bits per heavy atom. The average Bonchev–Trinajstić information content (AvgIpc) is 3.20. The normalized spacial score (nSPS) is 16.2. The van der Waals surface area contributed by atoms with Crippen LogP contribution < -0.4 is 15.4 Å². The highest BCUT2D eigenvalue weighted by atomic mass is 16.5. The van der Waals surface area contributed by atoms with E-state index in [9.17, 15) is 4.79 Å². The maximum Gasteiger partial charge on any atom is 0.239 e. The SMILES string of the molecule is O=C(CNc1ccc(OCC2CCCO2)cc1)NCCc1ccccc1. The van der Waals surface area contributed by atoms with E-state index in [1.165, 1.54) is 5.56 Å². The maximum atomic E-state index is 11.9. The predicted octanol–water partition coefficient (Wildman–Crippen LogP) is 3.02. The summed E-state index contributed by atoms with van der Waals surface area (Å²) in [6.07, 6.45) is 3.24. The van der Waals surface area contributed by atoms with Crippen molar-refractivity contribution in [2.45, 2.75) is 25.4 Å². The van der Waals surface area contributed by atoms with Crippen molar-refractivity contribution in [2.24, 2.45) is 0 Å². The largest absolute Gasteiger partial charge is 0.491 e. The van der Waals surface area contributed by atoms with Crippen LogP contribution in [-0.4, -0.2) is 38.3 Å². The van der Waals surface area contributed by atoms with Gasteiger partial charge in [0.2, 0.25) is 5.91 Å². The van der Waals surface area contributed by atoms with Gasteiger partial charge in [-0.1, -0.05) is 30.3 Å². The lowest BCUT2D eigenvalue weighted by Gasteiger charge is -2.12. The van der Waals surface area contributed by atoms with Crippen molar-refractivity contribution in [3.05, 3.63) is 60.2 Å². The van der Waals surface area contributed by atoms with E-state index in [1.807, 2.05) is 42.5 Å². The highest BCUT2D eigenvalue weighted by Gasteiger charge is 2.15. The van der Waals surface area contributed by atoms with Crippen molar-refractivity contribution in [2.75, 3.05) is 31.6 Å². The van der Waals surface area contributed by atoms with Gasteiger partial charge in [0.05, 0.1) is 12.6 Å². The van der Waals surface area contributed by atoms with Crippen LogP contribution in [0.3, 0.4) is 0 Å². The highest BCUT2D eigenvalue weighted by Crippen LogP contribution is 2.18. The van der Waals surface area contributed by atoms with E-state index in [4.69, 9.17) is 9.47 Å². The van der Waals surface area contributed by atoms with Crippen molar-refractivity contribution in [1.82, 2.24) is 5.32 Å². The van der Waals surface area contributed by atoms with E-state index in [1.54, 1.807) is 0 Å². The van der Waals surface area contributed by atoms with E-state index >= 15 is 0 Å². The molecular formula is C21H26N2O3. The Labute approximate surface area is 154 Å². The fraction of sp³-hybridized carbons (Fsp3) is 0.381. The molecule has 1 fully saturated rings. The minimum Gasteiger partial charge on any atom is -0.491 e.